The van der Waals surface area contributed by atoms with Crippen molar-refractivity contribution in [3.63, 3.8) is 0 Å². The van der Waals surface area contributed by atoms with Crippen molar-refractivity contribution in [2.45, 2.75) is 58.0 Å². The molecule has 0 saturated carbocycles. The van der Waals surface area contributed by atoms with Gasteiger partial charge in [-0.3, -0.25) is 14.5 Å². The van der Waals surface area contributed by atoms with Gasteiger partial charge in [-0.25, -0.2) is 4.79 Å². The lowest BCUT2D eigenvalue weighted by molar-refractivity contribution is -0.142. The quantitative estimate of drug-likeness (QED) is 0.390. The number of aromatic carboxylic acids is 1. The number of likely N-dealkylation sites (N-methyl/N-ethyl adjacent to an activating group) is 1. The number of nitrogens with zero attached hydrogens (tertiary/aromatic N) is 2. The molecule has 1 aliphatic heterocycles. The van der Waals surface area contributed by atoms with Crippen LogP contribution >= 0.6 is 0 Å². The van der Waals surface area contributed by atoms with Crippen molar-refractivity contribution in [3.05, 3.63) is 59.2 Å². The molecule has 0 fully saturated rings. The molecule has 224 valence electrons. The smallest absolute Gasteiger partial charge is 0.389 e. The molecule has 0 aliphatic carbocycles. The summed E-state index contributed by atoms with van der Waals surface area (Å²) in [4.78, 5) is 40.2. The van der Waals surface area contributed by atoms with Crippen LogP contribution in [-0.4, -0.2) is 82.9 Å². The molecule has 3 atom stereocenters. The number of amides is 2. The first-order valence-corrected chi connectivity index (χ1v) is 13.3. The maximum absolute atomic E-state index is 13.3. The van der Waals surface area contributed by atoms with Crippen LogP contribution < -0.4 is 10.1 Å². The highest BCUT2D eigenvalue weighted by molar-refractivity contribution is 5.91. The number of benzene rings is 2. The van der Waals surface area contributed by atoms with Gasteiger partial charge >= 0.3 is 12.1 Å². The van der Waals surface area contributed by atoms with E-state index in [0.717, 1.165) is 5.56 Å². The van der Waals surface area contributed by atoms with Crippen molar-refractivity contribution >= 4 is 23.5 Å². The lowest BCUT2D eigenvalue weighted by atomic mass is 10.0. The van der Waals surface area contributed by atoms with Gasteiger partial charge in [0.05, 0.1) is 31.1 Å². The van der Waals surface area contributed by atoms with Crippen LogP contribution in [0.1, 0.15) is 48.2 Å². The Morgan fingerprint density at radius 3 is 2.49 bits per heavy atom. The molecule has 9 nitrogen and oxygen atoms in total. The van der Waals surface area contributed by atoms with Crippen LogP contribution in [0.15, 0.2) is 42.5 Å². The zero-order valence-electron chi connectivity index (χ0n) is 23.3. The minimum Gasteiger partial charge on any atom is -0.488 e. The Morgan fingerprint density at radius 1 is 1.20 bits per heavy atom. The van der Waals surface area contributed by atoms with Crippen LogP contribution in [0, 0.1) is 5.92 Å². The van der Waals surface area contributed by atoms with Gasteiger partial charge in [0.1, 0.15) is 11.9 Å². The van der Waals surface area contributed by atoms with E-state index < -0.39 is 43.0 Å². The molecule has 0 radical (unpaired) electrons. The van der Waals surface area contributed by atoms with Gasteiger partial charge in [-0.2, -0.15) is 13.2 Å². The number of ether oxygens (including phenoxy) is 1. The van der Waals surface area contributed by atoms with Crippen LogP contribution in [-0.2, 0) is 22.6 Å². The van der Waals surface area contributed by atoms with Gasteiger partial charge in [-0.1, -0.05) is 19.1 Å². The third-order valence-electron chi connectivity index (χ3n) is 6.98. The predicted molar refractivity (Wildman–Crippen MR) is 146 cm³/mol. The summed E-state index contributed by atoms with van der Waals surface area (Å²) < 4.78 is 44.0. The monoisotopic (exact) mass is 579 g/mol. The number of anilines is 1. The van der Waals surface area contributed by atoms with E-state index in [1.54, 1.807) is 42.2 Å². The number of halogens is 3. The third-order valence-corrected chi connectivity index (χ3v) is 6.98. The van der Waals surface area contributed by atoms with E-state index in [1.807, 2.05) is 18.9 Å². The van der Waals surface area contributed by atoms with Crippen LogP contribution in [0.25, 0.3) is 0 Å². The molecular formula is C29H36F3N3O6. The number of aliphatic hydroxyl groups is 1. The minimum atomic E-state index is -4.45. The Balaban J connectivity index is 1.83. The number of nitrogens with one attached hydrogen (secondary N) is 1. The predicted octanol–water partition coefficient (Wildman–Crippen LogP) is 3.95. The molecule has 2 amide bonds. The van der Waals surface area contributed by atoms with E-state index in [4.69, 9.17) is 9.84 Å². The minimum absolute atomic E-state index is 0.0862. The number of alkyl halides is 3. The molecule has 2 aromatic rings. The average Bonchev–Trinajstić information content (AvgIpc) is 2.94. The number of carbonyl (C=O) groups excluding carboxylic acids is 2. The zero-order valence-corrected chi connectivity index (χ0v) is 23.3. The summed E-state index contributed by atoms with van der Waals surface area (Å²) in [5.41, 5.74) is 1.81. The highest BCUT2D eigenvalue weighted by Gasteiger charge is 2.31. The average molecular weight is 580 g/mol. The molecule has 3 N–H and O–H groups in total. The van der Waals surface area contributed by atoms with Crippen LogP contribution in [0.4, 0.5) is 18.9 Å². The molecule has 3 rings (SSSR count). The lowest BCUT2D eigenvalue weighted by Gasteiger charge is -2.34. The molecule has 0 bridgehead atoms. The van der Waals surface area contributed by atoms with Crippen molar-refractivity contribution < 1.29 is 42.5 Å². The van der Waals surface area contributed by atoms with Crippen molar-refractivity contribution in [1.29, 1.82) is 0 Å². The molecule has 0 saturated heterocycles. The molecule has 12 heteroatoms. The fraction of sp³-hybridized carbons (Fsp3) is 0.483. The molecule has 0 spiro atoms. The first kappa shape index (κ1) is 31.9. The highest BCUT2D eigenvalue weighted by atomic mass is 19.4. The summed E-state index contributed by atoms with van der Waals surface area (Å²) in [7, 11) is 1.90. The second-order valence-electron chi connectivity index (χ2n) is 10.6. The van der Waals surface area contributed by atoms with Crippen molar-refractivity contribution in [3.8, 4) is 5.75 Å². The Morgan fingerprint density at radius 2 is 1.88 bits per heavy atom. The highest BCUT2D eigenvalue weighted by Crippen LogP contribution is 2.30. The summed E-state index contributed by atoms with van der Waals surface area (Å²) >= 11 is 0. The SMILES string of the molecule is C[C@H]1CN([C@@H](C)CO)C(=O)Cc2cc(NC(=O)CCC(F)(F)F)ccc2O[C@H]1CN(C)Cc1ccc(C(=O)O)cc1. The maximum atomic E-state index is 13.3. The van der Waals surface area contributed by atoms with Crippen molar-refractivity contribution in [1.82, 2.24) is 9.80 Å². The standard InChI is InChI=1S/C29H36F3N3O6/c1-18-14-35(19(2)17-36)27(38)13-22-12-23(33-26(37)10-11-29(30,31)32)8-9-24(22)41-25(18)16-34(3)15-20-4-6-21(7-5-20)28(39)40/h4-9,12,18-19,25,36H,10-11,13-17H2,1-3H3,(H,33,37)(H,39,40)/t18-,19-,25-/m0/s1. The molecule has 1 heterocycles. The van der Waals surface area contributed by atoms with E-state index in [-0.39, 0.29) is 36.1 Å². The van der Waals surface area contributed by atoms with Crippen molar-refractivity contribution in [2.75, 3.05) is 32.1 Å². The van der Waals surface area contributed by atoms with Gasteiger partial charge in [-0.15, -0.1) is 0 Å². The number of carboxylic acid groups (broad SMARTS) is 1. The Kier molecular flexibility index (Phi) is 10.7. The Bertz CT molecular complexity index is 1220. The molecule has 0 unspecified atom stereocenters. The summed E-state index contributed by atoms with van der Waals surface area (Å²) in [5.74, 6) is -1.79. The number of hydrogen-bond acceptors (Lipinski definition) is 6. The summed E-state index contributed by atoms with van der Waals surface area (Å²) in [5, 5.41) is 21.4. The van der Waals surface area contributed by atoms with Gasteiger partial charge in [-0.05, 0) is 49.9 Å². The van der Waals surface area contributed by atoms with E-state index in [9.17, 15) is 32.7 Å². The molecule has 2 aromatic carbocycles. The second kappa shape index (κ2) is 13.8. The van der Waals surface area contributed by atoms with Crippen LogP contribution in [0.3, 0.4) is 0 Å². The van der Waals surface area contributed by atoms with Crippen molar-refractivity contribution in [2.24, 2.45) is 5.92 Å². The number of rotatable bonds is 10. The normalized spacial score (nSPS) is 18.5. The van der Waals surface area contributed by atoms with E-state index in [0.29, 0.717) is 30.9 Å². The number of carbonyl (C=O) groups is 3. The second-order valence-corrected chi connectivity index (χ2v) is 10.6. The van der Waals surface area contributed by atoms with Gasteiger partial charge in [0.25, 0.3) is 0 Å². The fourth-order valence-electron chi connectivity index (χ4n) is 4.64. The van der Waals surface area contributed by atoms with Gasteiger partial charge in [0.2, 0.25) is 11.8 Å². The van der Waals surface area contributed by atoms with E-state index in [2.05, 4.69) is 5.32 Å². The van der Waals surface area contributed by atoms with Gasteiger partial charge < -0.3 is 25.2 Å². The zero-order chi connectivity index (χ0) is 30.3. The molecular weight excluding hydrogens is 543 g/mol. The van der Waals surface area contributed by atoms with Gasteiger partial charge in [0.15, 0.2) is 0 Å². The molecule has 0 aromatic heterocycles. The summed E-state index contributed by atoms with van der Waals surface area (Å²) in [6, 6.07) is 10.8. The third kappa shape index (κ3) is 9.46. The van der Waals surface area contributed by atoms with E-state index in [1.165, 1.54) is 12.1 Å². The summed E-state index contributed by atoms with van der Waals surface area (Å²) in [6.45, 7) is 4.73. The van der Waals surface area contributed by atoms with Crippen LogP contribution in [0.2, 0.25) is 0 Å². The van der Waals surface area contributed by atoms with Crippen LogP contribution in [0.5, 0.6) is 5.75 Å². The van der Waals surface area contributed by atoms with E-state index >= 15 is 0 Å². The first-order chi connectivity index (χ1) is 19.3. The first-order valence-electron chi connectivity index (χ1n) is 13.3. The molecule has 1 aliphatic rings. The fourth-order valence-corrected chi connectivity index (χ4v) is 4.64. The van der Waals surface area contributed by atoms with Gasteiger partial charge in [0, 0.05) is 43.2 Å². The Hall–Kier alpha value is -3.64. The maximum Gasteiger partial charge on any atom is 0.389 e. The summed E-state index contributed by atoms with van der Waals surface area (Å²) in [6.07, 6.45) is -6.89. The number of hydrogen-bond donors (Lipinski definition) is 3. The number of carboxylic acids is 1. The topological polar surface area (TPSA) is 119 Å². The molecule has 41 heavy (non-hydrogen) atoms. The number of aliphatic hydroxyl groups excluding tert-OH is 1. The largest absolute Gasteiger partial charge is 0.488 e. The number of fused-ring (bicyclic) bond motifs is 1. The Labute approximate surface area is 236 Å². The lowest BCUT2D eigenvalue weighted by Crippen LogP contribution is -2.47.